The third-order valence-electron chi connectivity index (χ3n) is 4.24. The molecule has 2 aliphatic heterocycles. The lowest BCUT2D eigenvalue weighted by atomic mass is 10.2. The van der Waals surface area contributed by atoms with Crippen molar-refractivity contribution in [3.63, 3.8) is 0 Å². The number of carbonyl (C=O) groups excluding carboxylic acids is 2. The number of rotatable bonds is 5. The minimum absolute atomic E-state index is 0.00644. The summed E-state index contributed by atoms with van der Waals surface area (Å²) in [6.07, 6.45) is 1.08. The van der Waals surface area contributed by atoms with E-state index in [1.165, 1.54) is 0 Å². The molecule has 2 fully saturated rings. The van der Waals surface area contributed by atoms with Gasteiger partial charge in [0.15, 0.2) is 0 Å². The second-order valence-corrected chi connectivity index (χ2v) is 5.88. The predicted octanol–water partition coefficient (Wildman–Crippen LogP) is 0.722. The smallest absolute Gasteiger partial charge is 0.253 e. The van der Waals surface area contributed by atoms with Crippen LogP contribution in [0.1, 0.15) is 12.8 Å². The Bertz CT molecular complexity index is 583. The molecule has 1 aromatic carbocycles. The number of hydrogen-bond donors (Lipinski definition) is 1. The van der Waals surface area contributed by atoms with E-state index in [-0.39, 0.29) is 30.6 Å². The minimum Gasteiger partial charge on any atom is -0.497 e. The molecule has 2 saturated heterocycles. The van der Waals surface area contributed by atoms with Gasteiger partial charge in [0.1, 0.15) is 18.5 Å². The molecule has 7 heteroatoms. The van der Waals surface area contributed by atoms with E-state index in [2.05, 4.69) is 5.32 Å². The number of methoxy groups -OCH3 is 1. The van der Waals surface area contributed by atoms with Gasteiger partial charge in [-0.2, -0.15) is 0 Å². The first-order valence-electron chi connectivity index (χ1n) is 8.12. The van der Waals surface area contributed by atoms with E-state index < -0.39 is 0 Å². The van der Waals surface area contributed by atoms with E-state index in [9.17, 15) is 9.59 Å². The molecule has 1 aromatic rings. The third-order valence-corrected chi connectivity index (χ3v) is 4.24. The highest BCUT2D eigenvalue weighted by atomic mass is 16.5. The van der Waals surface area contributed by atoms with E-state index in [1.54, 1.807) is 12.0 Å². The molecular weight excluding hydrogens is 312 g/mol. The molecule has 0 spiro atoms. The Hall–Kier alpha value is -2.12. The largest absolute Gasteiger partial charge is 0.497 e. The van der Waals surface area contributed by atoms with Crippen LogP contribution in [0.4, 0.5) is 5.69 Å². The molecule has 24 heavy (non-hydrogen) atoms. The molecule has 0 radical (unpaired) electrons. The average molecular weight is 334 g/mol. The zero-order valence-corrected chi connectivity index (χ0v) is 13.7. The van der Waals surface area contributed by atoms with Crippen LogP contribution in [0.15, 0.2) is 24.3 Å². The molecule has 2 aliphatic rings. The van der Waals surface area contributed by atoms with Crippen molar-refractivity contribution in [2.24, 2.45) is 0 Å². The zero-order valence-electron chi connectivity index (χ0n) is 13.7. The summed E-state index contributed by atoms with van der Waals surface area (Å²) in [5.41, 5.74) is 0.791. The first-order chi connectivity index (χ1) is 11.7. The van der Waals surface area contributed by atoms with Gasteiger partial charge in [-0.25, -0.2) is 0 Å². The normalized spacial score (nSPS) is 24.0. The molecule has 0 bridgehead atoms. The SMILES string of the molecule is COc1ccc(N2CC(CNC(=O)C3CCCO3)OCC2=O)cc1. The van der Waals surface area contributed by atoms with E-state index >= 15 is 0 Å². The quantitative estimate of drug-likeness (QED) is 0.859. The summed E-state index contributed by atoms with van der Waals surface area (Å²) in [6, 6.07) is 7.30. The number of carbonyl (C=O) groups is 2. The van der Waals surface area contributed by atoms with Gasteiger partial charge in [0.25, 0.3) is 5.91 Å². The van der Waals surface area contributed by atoms with Crippen molar-refractivity contribution in [2.75, 3.05) is 38.3 Å². The van der Waals surface area contributed by atoms with Crippen LogP contribution in [0.25, 0.3) is 0 Å². The highest BCUT2D eigenvalue weighted by Gasteiger charge is 2.29. The maximum absolute atomic E-state index is 12.1. The Morgan fingerprint density at radius 2 is 2.12 bits per heavy atom. The monoisotopic (exact) mass is 334 g/mol. The van der Waals surface area contributed by atoms with Gasteiger partial charge in [0, 0.05) is 18.8 Å². The molecule has 0 aromatic heterocycles. The number of nitrogens with one attached hydrogen (secondary N) is 1. The van der Waals surface area contributed by atoms with Crippen molar-refractivity contribution in [3.8, 4) is 5.75 Å². The molecule has 0 aliphatic carbocycles. The molecule has 0 saturated carbocycles. The summed E-state index contributed by atoms with van der Waals surface area (Å²) >= 11 is 0. The number of benzene rings is 1. The number of nitrogens with zero attached hydrogens (tertiary/aromatic N) is 1. The van der Waals surface area contributed by atoms with Crippen molar-refractivity contribution in [1.82, 2.24) is 5.32 Å². The summed E-state index contributed by atoms with van der Waals surface area (Å²) in [4.78, 5) is 25.8. The topological polar surface area (TPSA) is 77.1 Å². The van der Waals surface area contributed by atoms with Crippen LogP contribution in [-0.4, -0.2) is 57.4 Å². The molecule has 1 N–H and O–H groups in total. The zero-order chi connectivity index (χ0) is 16.9. The summed E-state index contributed by atoms with van der Waals surface area (Å²) in [6.45, 7) is 1.40. The second-order valence-electron chi connectivity index (χ2n) is 5.88. The van der Waals surface area contributed by atoms with Crippen LogP contribution in [-0.2, 0) is 19.1 Å². The first-order valence-corrected chi connectivity index (χ1v) is 8.12. The van der Waals surface area contributed by atoms with E-state index in [0.717, 1.165) is 24.3 Å². The maximum atomic E-state index is 12.1. The fraction of sp³-hybridized carbons (Fsp3) is 0.529. The maximum Gasteiger partial charge on any atom is 0.253 e. The van der Waals surface area contributed by atoms with Crippen LogP contribution >= 0.6 is 0 Å². The Labute approximate surface area is 140 Å². The highest BCUT2D eigenvalue weighted by Crippen LogP contribution is 2.22. The van der Waals surface area contributed by atoms with Crippen molar-refractivity contribution in [3.05, 3.63) is 24.3 Å². The van der Waals surface area contributed by atoms with Gasteiger partial charge in [-0.05, 0) is 37.1 Å². The average Bonchev–Trinajstić information content (AvgIpc) is 3.15. The fourth-order valence-corrected chi connectivity index (χ4v) is 2.87. The van der Waals surface area contributed by atoms with Gasteiger partial charge in [-0.15, -0.1) is 0 Å². The number of morpholine rings is 1. The molecule has 3 rings (SSSR count). The number of anilines is 1. The molecule has 2 amide bonds. The standard InChI is InChI=1S/C17H22N2O5/c1-22-13-6-4-12(5-7-13)19-10-14(24-11-16(19)20)9-18-17(21)15-3-2-8-23-15/h4-7,14-15H,2-3,8-11H2,1H3,(H,18,21). The summed E-state index contributed by atoms with van der Waals surface area (Å²) in [7, 11) is 1.60. The van der Waals surface area contributed by atoms with E-state index in [4.69, 9.17) is 14.2 Å². The van der Waals surface area contributed by atoms with Crippen LogP contribution in [0.5, 0.6) is 5.75 Å². The van der Waals surface area contributed by atoms with Gasteiger partial charge in [0.2, 0.25) is 5.91 Å². The first kappa shape index (κ1) is 16.7. The Balaban J connectivity index is 1.56. The van der Waals surface area contributed by atoms with E-state index in [1.807, 2.05) is 24.3 Å². The van der Waals surface area contributed by atoms with Crippen molar-refractivity contribution < 1.29 is 23.8 Å². The molecule has 2 atom stereocenters. The Morgan fingerprint density at radius 1 is 1.33 bits per heavy atom. The van der Waals surface area contributed by atoms with Gasteiger partial charge < -0.3 is 24.4 Å². The Morgan fingerprint density at radius 3 is 2.79 bits per heavy atom. The molecule has 130 valence electrons. The van der Waals surface area contributed by atoms with Crippen molar-refractivity contribution in [2.45, 2.75) is 25.0 Å². The number of hydrogen-bond acceptors (Lipinski definition) is 5. The van der Waals surface area contributed by atoms with Crippen LogP contribution in [0.3, 0.4) is 0 Å². The predicted molar refractivity (Wildman–Crippen MR) is 87.1 cm³/mol. The summed E-state index contributed by atoms with van der Waals surface area (Å²) in [5, 5.41) is 2.85. The fourth-order valence-electron chi connectivity index (χ4n) is 2.87. The molecular formula is C17H22N2O5. The van der Waals surface area contributed by atoms with Crippen LogP contribution in [0, 0.1) is 0 Å². The molecule has 7 nitrogen and oxygen atoms in total. The summed E-state index contributed by atoms with van der Waals surface area (Å²) < 4.78 is 16.0. The van der Waals surface area contributed by atoms with Crippen molar-refractivity contribution in [1.29, 1.82) is 0 Å². The van der Waals surface area contributed by atoms with Gasteiger partial charge in [0.05, 0.1) is 19.8 Å². The lowest BCUT2D eigenvalue weighted by molar-refractivity contribution is -0.132. The van der Waals surface area contributed by atoms with Crippen LogP contribution in [0.2, 0.25) is 0 Å². The Kier molecular flexibility index (Phi) is 5.32. The van der Waals surface area contributed by atoms with E-state index in [0.29, 0.717) is 19.7 Å². The third kappa shape index (κ3) is 3.85. The molecule has 2 unspecified atom stereocenters. The highest BCUT2D eigenvalue weighted by molar-refractivity contribution is 5.95. The number of amides is 2. The van der Waals surface area contributed by atoms with Gasteiger partial charge in [-0.3, -0.25) is 9.59 Å². The summed E-state index contributed by atoms with van der Waals surface area (Å²) in [5.74, 6) is 0.533. The van der Waals surface area contributed by atoms with Gasteiger partial charge in [-0.1, -0.05) is 0 Å². The second kappa shape index (κ2) is 7.63. The van der Waals surface area contributed by atoms with Crippen LogP contribution < -0.4 is 15.0 Å². The van der Waals surface area contributed by atoms with Crippen molar-refractivity contribution >= 4 is 17.5 Å². The molecule has 2 heterocycles. The number of ether oxygens (including phenoxy) is 3. The van der Waals surface area contributed by atoms with Gasteiger partial charge >= 0.3 is 0 Å². The lowest BCUT2D eigenvalue weighted by Gasteiger charge is -2.33. The lowest BCUT2D eigenvalue weighted by Crippen LogP contribution is -2.51. The minimum atomic E-state index is -0.354.